The Labute approximate surface area is 167 Å². The second kappa shape index (κ2) is 12.3. The van der Waals surface area contributed by atoms with E-state index in [1.54, 1.807) is 0 Å². The van der Waals surface area contributed by atoms with E-state index in [0.717, 1.165) is 35.1 Å². The van der Waals surface area contributed by atoms with Gasteiger partial charge < -0.3 is 5.32 Å². The molecule has 0 unspecified atom stereocenters. The fraction of sp³-hybridized carbons (Fsp3) is 0.250. The van der Waals surface area contributed by atoms with E-state index in [9.17, 15) is 0 Å². The molecule has 0 fully saturated rings. The molecule has 1 N–H and O–H groups in total. The van der Waals surface area contributed by atoms with Crippen molar-refractivity contribution in [3.8, 4) is 0 Å². The van der Waals surface area contributed by atoms with Gasteiger partial charge in [0.15, 0.2) is 0 Å². The van der Waals surface area contributed by atoms with E-state index in [4.69, 9.17) is 0 Å². The molecule has 0 aliphatic heterocycles. The molecule has 0 bridgehead atoms. The number of hydrogen-bond donors (Lipinski definition) is 1. The molecule has 0 heterocycles. The standard InChI is InChI=1S/C24H30BrN/c1-6-11-19(3)18-21(5)26-20(4)16-17-23-13-9-8-12-22(23)14-10-15-24(25)7-2/h6-9,12-13,15-19,26H,1-2,4,10-11,14H2,3,5H3/b17-16-,21-18+,24-15+/t19-/m0/s1. The lowest BCUT2D eigenvalue weighted by Crippen LogP contribution is -2.09. The minimum absolute atomic E-state index is 0.473. The van der Waals surface area contributed by atoms with Gasteiger partial charge in [0.2, 0.25) is 0 Å². The van der Waals surface area contributed by atoms with Gasteiger partial charge in [0.25, 0.3) is 0 Å². The Morgan fingerprint density at radius 3 is 2.69 bits per heavy atom. The monoisotopic (exact) mass is 411 g/mol. The predicted octanol–water partition coefficient (Wildman–Crippen LogP) is 7.32. The van der Waals surface area contributed by atoms with Crippen molar-refractivity contribution < 1.29 is 0 Å². The summed E-state index contributed by atoms with van der Waals surface area (Å²) in [7, 11) is 0. The van der Waals surface area contributed by atoms with Gasteiger partial charge in [0.1, 0.15) is 0 Å². The SMILES string of the molecule is C=CC[C@H](C)/C=C(\C)NC(=C)/C=C\c1ccccc1CC/C=C(/Br)C=C. The number of nitrogens with one attached hydrogen (secondary N) is 1. The molecule has 1 aromatic rings. The van der Waals surface area contributed by atoms with E-state index in [-0.39, 0.29) is 0 Å². The Balaban J connectivity index is 2.71. The molecular formula is C24H30BrN. The zero-order chi connectivity index (χ0) is 19.4. The molecule has 0 aliphatic rings. The Morgan fingerprint density at radius 2 is 2.00 bits per heavy atom. The largest absolute Gasteiger partial charge is 0.360 e. The lowest BCUT2D eigenvalue weighted by Gasteiger charge is -2.10. The average Bonchev–Trinajstić information content (AvgIpc) is 2.60. The van der Waals surface area contributed by atoms with Crippen molar-refractivity contribution in [3.05, 3.63) is 101 Å². The molecule has 1 rings (SSSR count). The molecule has 26 heavy (non-hydrogen) atoms. The van der Waals surface area contributed by atoms with Crippen molar-refractivity contribution in [3.63, 3.8) is 0 Å². The average molecular weight is 412 g/mol. The van der Waals surface area contributed by atoms with E-state index in [1.165, 1.54) is 11.1 Å². The summed E-state index contributed by atoms with van der Waals surface area (Å²) in [6, 6.07) is 8.46. The van der Waals surface area contributed by atoms with Crippen molar-refractivity contribution >= 4 is 22.0 Å². The molecule has 1 nitrogen and oxygen atoms in total. The second-order valence-electron chi connectivity index (χ2n) is 6.37. The molecule has 1 aromatic carbocycles. The quantitative estimate of drug-likeness (QED) is 0.297. The van der Waals surface area contributed by atoms with Crippen LogP contribution in [0.5, 0.6) is 0 Å². The smallest absolute Gasteiger partial charge is 0.0308 e. The van der Waals surface area contributed by atoms with Crippen LogP contribution in [-0.4, -0.2) is 0 Å². The normalized spacial score (nSPS) is 13.5. The maximum absolute atomic E-state index is 4.10. The van der Waals surface area contributed by atoms with Crippen molar-refractivity contribution in [2.75, 3.05) is 0 Å². The summed E-state index contributed by atoms with van der Waals surface area (Å²) in [5.74, 6) is 0.473. The van der Waals surface area contributed by atoms with Gasteiger partial charge in [-0.2, -0.15) is 0 Å². The highest BCUT2D eigenvalue weighted by molar-refractivity contribution is 9.11. The van der Waals surface area contributed by atoms with Crippen LogP contribution in [-0.2, 0) is 6.42 Å². The van der Waals surface area contributed by atoms with Crippen LogP contribution < -0.4 is 5.32 Å². The third kappa shape index (κ3) is 8.87. The van der Waals surface area contributed by atoms with Gasteiger partial charge >= 0.3 is 0 Å². The van der Waals surface area contributed by atoms with Crippen LogP contribution in [0.3, 0.4) is 0 Å². The summed E-state index contributed by atoms with van der Waals surface area (Å²) in [5, 5.41) is 3.34. The maximum atomic E-state index is 4.10. The highest BCUT2D eigenvalue weighted by Gasteiger charge is 2.00. The van der Waals surface area contributed by atoms with E-state index in [0.29, 0.717) is 5.92 Å². The molecule has 0 spiro atoms. The Hall–Kier alpha value is -2.06. The van der Waals surface area contributed by atoms with Crippen LogP contribution in [0.4, 0.5) is 0 Å². The minimum Gasteiger partial charge on any atom is -0.360 e. The fourth-order valence-corrected chi connectivity index (χ4v) is 2.89. The summed E-state index contributed by atoms with van der Waals surface area (Å²) >= 11 is 3.47. The Bertz CT molecular complexity index is 707. The number of rotatable bonds is 11. The fourth-order valence-electron chi connectivity index (χ4n) is 2.66. The third-order valence-corrected chi connectivity index (χ3v) is 4.55. The summed E-state index contributed by atoms with van der Waals surface area (Å²) < 4.78 is 1.04. The Morgan fingerprint density at radius 1 is 1.27 bits per heavy atom. The van der Waals surface area contributed by atoms with Gasteiger partial charge in [-0.25, -0.2) is 0 Å². The van der Waals surface area contributed by atoms with Crippen molar-refractivity contribution in [1.82, 2.24) is 5.32 Å². The summed E-state index contributed by atoms with van der Waals surface area (Å²) in [6.45, 7) is 15.9. The number of benzene rings is 1. The van der Waals surface area contributed by atoms with Crippen LogP contribution in [0, 0.1) is 5.92 Å². The molecule has 1 atom stereocenters. The van der Waals surface area contributed by atoms with Gasteiger partial charge in [-0.05, 0) is 49.3 Å². The van der Waals surface area contributed by atoms with Crippen molar-refractivity contribution in [2.45, 2.75) is 33.1 Å². The maximum Gasteiger partial charge on any atom is 0.0308 e. The first kappa shape index (κ1) is 22.0. The summed E-state index contributed by atoms with van der Waals surface area (Å²) in [5.41, 5.74) is 4.54. The molecule has 0 aliphatic carbocycles. The van der Waals surface area contributed by atoms with E-state index in [1.807, 2.05) is 18.2 Å². The van der Waals surface area contributed by atoms with E-state index < -0.39 is 0 Å². The molecule has 0 radical (unpaired) electrons. The zero-order valence-electron chi connectivity index (χ0n) is 16.0. The number of halogens is 1. The summed E-state index contributed by atoms with van der Waals surface area (Å²) in [6.07, 6.45) is 15.2. The highest BCUT2D eigenvalue weighted by Crippen LogP contribution is 2.16. The van der Waals surface area contributed by atoms with Gasteiger partial charge in [0.05, 0.1) is 0 Å². The predicted molar refractivity (Wildman–Crippen MR) is 121 cm³/mol. The van der Waals surface area contributed by atoms with Crippen LogP contribution in [0.25, 0.3) is 6.08 Å². The lowest BCUT2D eigenvalue weighted by atomic mass is 10.0. The third-order valence-electron chi connectivity index (χ3n) is 3.90. The van der Waals surface area contributed by atoms with Crippen LogP contribution >= 0.6 is 15.9 Å². The topological polar surface area (TPSA) is 12.0 Å². The van der Waals surface area contributed by atoms with E-state index >= 15 is 0 Å². The highest BCUT2D eigenvalue weighted by atomic mass is 79.9. The number of allylic oxidation sites excluding steroid dienone is 7. The van der Waals surface area contributed by atoms with Crippen molar-refractivity contribution in [2.24, 2.45) is 5.92 Å². The van der Waals surface area contributed by atoms with Gasteiger partial charge in [-0.1, -0.05) is 90.7 Å². The minimum atomic E-state index is 0.473. The van der Waals surface area contributed by atoms with Crippen molar-refractivity contribution in [1.29, 1.82) is 0 Å². The van der Waals surface area contributed by atoms with Crippen LogP contribution in [0.2, 0.25) is 0 Å². The Kier molecular flexibility index (Phi) is 10.4. The molecule has 0 amide bonds. The molecule has 0 saturated heterocycles. The summed E-state index contributed by atoms with van der Waals surface area (Å²) in [4.78, 5) is 0. The van der Waals surface area contributed by atoms with Gasteiger partial charge in [-0.3, -0.25) is 0 Å². The van der Waals surface area contributed by atoms with Gasteiger partial charge in [0, 0.05) is 15.9 Å². The first-order valence-electron chi connectivity index (χ1n) is 8.95. The first-order valence-corrected chi connectivity index (χ1v) is 9.75. The molecule has 0 saturated carbocycles. The van der Waals surface area contributed by atoms with E-state index in [2.05, 4.69) is 97.3 Å². The zero-order valence-corrected chi connectivity index (χ0v) is 17.6. The van der Waals surface area contributed by atoms with Gasteiger partial charge in [-0.15, -0.1) is 6.58 Å². The number of aryl methyl sites for hydroxylation is 1. The lowest BCUT2D eigenvalue weighted by molar-refractivity contribution is 0.730. The second-order valence-corrected chi connectivity index (χ2v) is 7.28. The number of hydrogen-bond acceptors (Lipinski definition) is 1. The molecular weight excluding hydrogens is 382 g/mol. The molecule has 138 valence electrons. The molecule has 2 heteroatoms. The molecule has 0 aromatic heterocycles. The van der Waals surface area contributed by atoms with Crippen LogP contribution in [0.1, 0.15) is 37.8 Å². The van der Waals surface area contributed by atoms with Crippen LogP contribution in [0.15, 0.2) is 90.3 Å². The first-order chi connectivity index (χ1) is 12.5.